The van der Waals surface area contributed by atoms with E-state index >= 15 is 0 Å². The predicted octanol–water partition coefficient (Wildman–Crippen LogP) is 2.86. The second kappa shape index (κ2) is 5.06. The van der Waals surface area contributed by atoms with Crippen molar-refractivity contribution < 1.29 is 14.3 Å². The molecule has 0 saturated carbocycles. The summed E-state index contributed by atoms with van der Waals surface area (Å²) in [6.07, 6.45) is 0.373. The van der Waals surface area contributed by atoms with E-state index in [1.54, 1.807) is 19.1 Å². The van der Waals surface area contributed by atoms with Crippen LogP contribution in [0, 0.1) is 5.82 Å². The molecular formula is C12H14BrFO2. The van der Waals surface area contributed by atoms with Gasteiger partial charge in [0, 0.05) is 6.42 Å². The summed E-state index contributed by atoms with van der Waals surface area (Å²) >= 11 is 3.09. The van der Waals surface area contributed by atoms with Crippen LogP contribution < -0.4 is 0 Å². The molecule has 0 radical (unpaired) electrons. The average molecular weight is 289 g/mol. The Kier molecular flexibility index (Phi) is 4.21. The van der Waals surface area contributed by atoms with Gasteiger partial charge in [0.25, 0.3) is 0 Å². The Morgan fingerprint density at radius 2 is 2.19 bits per heavy atom. The van der Waals surface area contributed by atoms with Crippen molar-refractivity contribution in [1.82, 2.24) is 0 Å². The van der Waals surface area contributed by atoms with Crippen molar-refractivity contribution in [3.8, 4) is 0 Å². The lowest BCUT2D eigenvalue weighted by Gasteiger charge is -2.19. The first kappa shape index (κ1) is 13.3. The molecule has 0 saturated heterocycles. The quantitative estimate of drug-likeness (QED) is 0.925. The number of carbonyl (C=O) groups is 1. The van der Waals surface area contributed by atoms with E-state index in [9.17, 15) is 14.3 Å². The van der Waals surface area contributed by atoms with E-state index in [0.29, 0.717) is 12.0 Å². The summed E-state index contributed by atoms with van der Waals surface area (Å²) in [6, 6.07) is 4.52. The molecule has 4 heteroatoms. The van der Waals surface area contributed by atoms with Gasteiger partial charge in [-0.15, -0.1) is 0 Å². The first-order valence-corrected chi connectivity index (χ1v) is 5.86. The molecule has 0 bridgehead atoms. The standard InChI is InChI=1S/C12H14BrFO2/c1-3-12(2,16)10(15)7-8-5-4-6-9(14)11(8)13/h4-6,16H,3,7H2,1-2H3. The summed E-state index contributed by atoms with van der Waals surface area (Å²) < 4.78 is 13.5. The van der Waals surface area contributed by atoms with Gasteiger partial charge >= 0.3 is 0 Å². The van der Waals surface area contributed by atoms with Crippen molar-refractivity contribution in [3.63, 3.8) is 0 Å². The summed E-state index contributed by atoms with van der Waals surface area (Å²) in [7, 11) is 0. The summed E-state index contributed by atoms with van der Waals surface area (Å²) in [5, 5.41) is 9.75. The number of benzene rings is 1. The van der Waals surface area contributed by atoms with Crippen molar-refractivity contribution in [2.45, 2.75) is 32.3 Å². The minimum atomic E-state index is -1.34. The van der Waals surface area contributed by atoms with E-state index in [1.165, 1.54) is 13.0 Å². The van der Waals surface area contributed by atoms with Crippen LogP contribution in [0.2, 0.25) is 0 Å². The molecule has 0 spiro atoms. The van der Waals surface area contributed by atoms with E-state index in [0.717, 1.165) is 0 Å². The van der Waals surface area contributed by atoms with Crippen LogP contribution in [-0.2, 0) is 11.2 Å². The number of rotatable bonds is 4. The lowest BCUT2D eigenvalue weighted by Crippen LogP contribution is -2.35. The largest absolute Gasteiger partial charge is 0.382 e. The zero-order valence-electron chi connectivity index (χ0n) is 9.26. The van der Waals surface area contributed by atoms with Gasteiger partial charge in [-0.1, -0.05) is 19.1 Å². The highest BCUT2D eigenvalue weighted by molar-refractivity contribution is 9.10. The van der Waals surface area contributed by atoms with Crippen LogP contribution in [-0.4, -0.2) is 16.5 Å². The second-order valence-electron chi connectivity index (χ2n) is 3.94. The van der Waals surface area contributed by atoms with E-state index < -0.39 is 11.4 Å². The van der Waals surface area contributed by atoms with E-state index in [2.05, 4.69) is 15.9 Å². The smallest absolute Gasteiger partial charge is 0.168 e. The van der Waals surface area contributed by atoms with Crippen LogP contribution in [0.25, 0.3) is 0 Å². The average Bonchev–Trinajstić information content (AvgIpc) is 2.24. The zero-order valence-corrected chi connectivity index (χ0v) is 10.8. The fourth-order valence-electron chi connectivity index (χ4n) is 1.25. The Balaban J connectivity index is 2.90. The Morgan fingerprint density at radius 3 is 2.75 bits per heavy atom. The molecule has 0 aromatic heterocycles. The number of hydrogen-bond acceptors (Lipinski definition) is 2. The molecule has 0 aliphatic carbocycles. The van der Waals surface area contributed by atoms with E-state index in [4.69, 9.17) is 0 Å². The maximum atomic E-state index is 13.2. The van der Waals surface area contributed by atoms with Crippen molar-refractivity contribution >= 4 is 21.7 Å². The van der Waals surface area contributed by atoms with Gasteiger partial charge in [0.2, 0.25) is 0 Å². The van der Waals surface area contributed by atoms with Crippen LogP contribution in [0.15, 0.2) is 22.7 Å². The Hall–Kier alpha value is -0.740. The summed E-state index contributed by atoms with van der Waals surface area (Å²) in [5.41, 5.74) is -0.787. The third-order valence-electron chi connectivity index (χ3n) is 2.67. The predicted molar refractivity (Wildman–Crippen MR) is 63.7 cm³/mol. The first-order chi connectivity index (χ1) is 7.38. The topological polar surface area (TPSA) is 37.3 Å². The number of ketones is 1. The Bertz CT molecular complexity index is 402. The van der Waals surface area contributed by atoms with Gasteiger partial charge in [-0.3, -0.25) is 4.79 Å². The lowest BCUT2D eigenvalue weighted by atomic mass is 9.93. The molecule has 88 valence electrons. The van der Waals surface area contributed by atoms with Gasteiger partial charge in [-0.25, -0.2) is 4.39 Å². The molecule has 1 unspecified atom stereocenters. The van der Waals surface area contributed by atoms with Crippen LogP contribution in [0.3, 0.4) is 0 Å². The SMILES string of the molecule is CCC(C)(O)C(=O)Cc1cccc(F)c1Br. The molecule has 0 aliphatic heterocycles. The summed E-state index contributed by atoms with van der Waals surface area (Å²) in [5.74, 6) is -0.706. The molecule has 0 fully saturated rings. The maximum absolute atomic E-state index is 13.2. The number of Topliss-reactive ketones (excluding diaryl/α,β-unsaturated/α-hetero) is 1. The summed E-state index contributed by atoms with van der Waals surface area (Å²) in [4.78, 5) is 11.7. The highest BCUT2D eigenvalue weighted by atomic mass is 79.9. The van der Waals surface area contributed by atoms with Gasteiger partial charge in [-0.2, -0.15) is 0 Å². The highest BCUT2D eigenvalue weighted by Crippen LogP contribution is 2.23. The minimum absolute atomic E-state index is 0.0270. The van der Waals surface area contributed by atoms with E-state index in [1.807, 2.05) is 0 Å². The molecule has 1 atom stereocenters. The van der Waals surface area contributed by atoms with Crippen LogP contribution >= 0.6 is 15.9 Å². The molecule has 0 heterocycles. The Morgan fingerprint density at radius 1 is 1.56 bits per heavy atom. The van der Waals surface area contributed by atoms with Gasteiger partial charge in [0.05, 0.1) is 4.47 Å². The normalized spacial score (nSPS) is 14.6. The van der Waals surface area contributed by atoms with Crippen molar-refractivity contribution in [2.75, 3.05) is 0 Å². The second-order valence-corrected chi connectivity index (χ2v) is 4.73. The van der Waals surface area contributed by atoms with Crippen LogP contribution in [0.5, 0.6) is 0 Å². The number of carbonyl (C=O) groups excluding carboxylic acids is 1. The molecule has 2 nitrogen and oxygen atoms in total. The number of aliphatic hydroxyl groups is 1. The molecule has 1 aromatic rings. The third kappa shape index (κ3) is 2.89. The molecule has 1 aromatic carbocycles. The van der Waals surface area contributed by atoms with Gasteiger partial charge in [0.15, 0.2) is 5.78 Å². The molecule has 1 N–H and O–H groups in total. The van der Waals surface area contributed by atoms with Gasteiger partial charge < -0.3 is 5.11 Å². The molecule has 16 heavy (non-hydrogen) atoms. The number of hydrogen-bond donors (Lipinski definition) is 1. The zero-order chi connectivity index (χ0) is 12.3. The van der Waals surface area contributed by atoms with Gasteiger partial charge in [0.1, 0.15) is 11.4 Å². The number of halogens is 2. The lowest BCUT2D eigenvalue weighted by molar-refractivity contribution is -0.135. The Labute approximate surface area is 103 Å². The van der Waals surface area contributed by atoms with Crippen LogP contribution in [0.4, 0.5) is 4.39 Å². The molecule has 0 amide bonds. The third-order valence-corrected chi connectivity index (χ3v) is 3.56. The minimum Gasteiger partial charge on any atom is -0.382 e. The molecule has 0 aliphatic rings. The molecular weight excluding hydrogens is 275 g/mol. The first-order valence-electron chi connectivity index (χ1n) is 5.07. The fourth-order valence-corrected chi connectivity index (χ4v) is 1.65. The monoisotopic (exact) mass is 288 g/mol. The van der Waals surface area contributed by atoms with Crippen molar-refractivity contribution in [3.05, 3.63) is 34.1 Å². The van der Waals surface area contributed by atoms with E-state index in [-0.39, 0.29) is 16.7 Å². The maximum Gasteiger partial charge on any atom is 0.168 e. The van der Waals surface area contributed by atoms with Crippen LogP contribution in [0.1, 0.15) is 25.8 Å². The highest BCUT2D eigenvalue weighted by Gasteiger charge is 2.28. The fraction of sp³-hybridized carbons (Fsp3) is 0.417. The molecule has 1 rings (SSSR count). The van der Waals surface area contributed by atoms with Crippen molar-refractivity contribution in [1.29, 1.82) is 0 Å². The van der Waals surface area contributed by atoms with Gasteiger partial charge in [-0.05, 0) is 40.9 Å². The summed E-state index contributed by atoms with van der Waals surface area (Å²) in [6.45, 7) is 3.21. The van der Waals surface area contributed by atoms with Crippen molar-refractivity contribution in [2.24, 2.45) is 0 Å².